The van der Waals surface area contributed by atoms with Gasteiger partial charge in [0.05, 0.1) is 18.2 Å². The third-order valence-electron chi connectivity index (χ3n) is 4.50. The van der Waals surface area contributed by atoms with Crippen LogP contribution in [-0.2, 0) is 14.4 Å². The normalized spacial score (nSPS) is 31.3. The number of aliphatic hydroxyl groups is 2. The zero-order valence-corrected chi connectivity index (χ0v) is 13.8. The van der Waals surface area contributed by atoms with E-state index in [1.165, 1.54) is 0 Å². The van der Waals surface area contributed by atoms with E-state index >= 15 is 0 Å². The van der Waals surface area contributed by atoms with Gasteiger partial charge < -0.3 is 30.9 Å². The molecule has 0 aromatic heterocycles. The third kappa shape index (κ3) is 4.03. The molecule has 5 N–H and O–H groups in total. The number of amides is 2. The molecule has 0 radical (unpaired) electrons. The van der Waals surface area contributed by atoms with Crippen LogP contribution in [0.1, 0.15) is 26.7 Å². The van der Waals surface area contributed by atoms with E-state index in [0.717, 1.165) is 4.90 Å². The minimum Gasteiger partial charge on any atom is -0.480 e. The van der Waals surface area contributed by atoms with Crippen LogP contribution in [0.3, 0.4) is 0 Å². The standard InChI is InChI=1S/C15H25N3O6/c1-7(2)12(17-13(21)10-3-8(19)5-16-10)14(22)18-6-9(20)4-11(18)15(23)24/h7-12,16,19-20H,3-6H2,1-2H3,(H,17,21)(H,23,24)/t8-,9-,10+,11+,12+/m1/s1. The number of likely N-dealkylation sites (tertiary alicyclic amines) is 1. The molecule has 0 bridgehead atoms. The zero-order valence-electron chi connectivity index (χ0n) is 13.8. The fraction of sp³-hybridized carbons (Fsp3) is 0.800. The minimum absolute atomic E-state index is 0.0177. The molecule has 2 aliphatic heterocycles. The maximum atomic E-state index is 12.7. The van der Waals surface area contributed by atoms with Crippen LogP contribution in [0.25, 0.3) is 0 Å². The summed E-state index contributed by atoms with van der Waals surface area (Å²) >= 11 is 0. The van der Waals surface area contributed by atoms with Crippen molar-refractivity contribution in [1.82, 2.24) is 15.5 Å². The Kier molecular flexibility index (Phi) is 5.79. The number of aliphatic carboxylic acids is 1. The van der Waals surface area contributed by atoms with E-state index in [2.05, 4.69) is 10.6 Å². The molecule has 2 rings (SSSR count). The van der Waals surface area contributed by atoms with Gasteiger partial charge in [-0.2, -0.15) is 0 Å². The first-order valence-corrected chi connectivity index (χ1v) is 8.13. The predicted octanol–water partition coefficient (Wildman–Crippen LogP) is -2.10. The molecule has 2 amide bonds. The Morgan fingerprint density at radius 3 is 2.33 bits per heavy atom. The molecule has 0 unspecified atom stereocenters. The van der Waals surface area contributed by atoms with Crippen LogP contribution in [-0.4, -0.2) is 81.4 Å². The number of carboxylic acid groups (broad SMARTS) is 1. The first kappa shape index (κ1) is 18.6. The second-order valence-electron chi connectivity index (χ2n) is 6.81. The lowest BCUT2D eigenvalue weighted by atomic mass is 10.0. The molecule has 0 aromatic rings. The number of nitrogens with zero attached hydrogens (tertiary/aromatic N) is 1. The number of carbonyl (C=O) groups is 3. The van der Waals surface area contributed by atoms with Gasteiger partial charge in [0.1, 0.15) is 12.1 Å². The Morgan fingerprint density at radius 2 is 1.83 bits per heavy atom. The molecule has 2 heterocycles. The molecule has 5 atom stereocenters. The molecule has 9 heteroatoms. The van der Waals surface area contributed by atoms with Gasteiger partial charge in [0.15, 0.2) is 0 Å². The number of carboxylic acids is 1. The molecule has 0 aliphatic carbocycles. The van der Waals surface area contributed by atoms with Crippen molar-refractivity contribution in [2.24, 2.45) is 5.92 Å². The van der Waals surface area contributed by atoms with E-state index in [4.69, 9.17) is 0 Å². The maximum absolute atomic E-state index is 12.7. The Balaban J connectivity index is 2.07. The monoisotopic (exact) mass is 343 g/mol. The molecule has 0 spiro atoms. The molecular weight excluding hydrogens is 318 g/mol. The quantitative estimate of drug-likeness (QED) is 0.385. The van der Waals surface area contributed by atoms with Crippen molar-refractivity contribution >= 4 is 17.8 Å². The molecule has 2 aliphatic rings. The van der Waals surface area contributed by atoms with Crippen LogP contribution in [0.2, 0.25) is 0 Å². The third-order valence-corrected chi connectivity index (χ3v) is 4.50. The van der Waals surface area contributed by atoms with Crippen molar-refractivity contribution in [3.8, 4) is 0 Å². The Morgan fingerprint density at radius 1 is 1.17 bits per heavy atom. The van der Waals surface area contributed by atoms with Crippen molar-refractivity contribution in [2.45, 2.75) is 57.0 Å². The van der Waals surface area contributed by atoms with E-state index in [1.807, 2.05) is 0 Å². The molecule has 0 saturated carbocycles. The van der Waals surface area contributed by atoms with Crippen LogP contribution in [0.4, 0.5) is 0 Å². The fourth-order valence-corrected chi connectivity index (χ4v) is 3.15. The molecular formula is C15H25N3O6. The van der Waals surface area contributed by atoms with Gasteiger partial charge in [0.25, 0.3) is 0 Å². The highest BCUT2D eigenvalue weighted by Crippen LogP contribution is 2.21. The largest absolute Gasteiger partial charge is 0.480 e. The van der Waals surface area contributed by atoms with Crippen LogP contribution in [0.5, 0.6) is 0 Å². The molecule has 2 fully saturated rings. The highest BCUT2D eigenvalue weighted by molar-refractivity contribution is 5.92. The topological polar surface area (TPSA) is 139 Å². The molecule has 136 valence electrons. The van der Waals surface area contributed by atoms with Gasteiger partial charge >= 0.3 is 5.97 Å². The van der Waals surface area contributed by atoms with Gasteiger partial charge in [-0.15, -0.1) is 0 Å². The van der Waals surface area contributed by atoms with Crippen LogP contribution < -0.4 is 10.6 Å². The zero-order chi connectivity index (χ0) is 18.0. The summed E-state index contributed by atoms with van der Waals surface area (Å²) in [6, 6.07) is -2.55. The van der Waals surface area contributed by atoms with E-state index < -0.39 is 48.1 Å². The van der Waals surface area contributed by atoms with Crippen molar-refractivity contribution < 1.29 is 29.7 Å². The smallest absolute Gasteiger partial charge is 0.326 e. The summed E-state index contributed by atoms with van der Waals surface area (Å²) < 4.78 is 0. The van der Waals surface area contributed by atoms with Gasteiger partial charge in [-0.25, -0.2) is 4.79 Å². The lowest BCUT2D eigenvalue weighted by Crippen LogP contribution is -2.56. The second kappa shape index (κ2) is 7.45. The first-order valence-electron chi connectivity index (χ1n) is 8.13. The van der Waals surface area contributed by atoms with Crippen LogP contribution in [0.15, 0.2) is 0 Å². The summed E-state index contributed by atoms with van der Waals surface area (Å²) in [4.78, 5) is 37.4. The summed E-state index contributed by atoms with van der Waals surface area (Å²) in [7, 11) is 0. The number of aliphatic hydroxyl groups excluding tert-OH is 2. The number of carbonyl (C=O) groups excluding carboxylic acids is 2. The van der Waals surface area contributed by atoms with Gasteiger partial charge in [0, 0.05) is 19.5 Å². The SMILES string of the molecule is CC(C)[C@H](NC(=O)[C@@H]1C[C@@H](O)CN1)C(=O)N1C[C@H](O)C[C@H]1C(=O)O. The number of nitrogens with one attached hydrogen (secondary N) is 2. The summed E-state index contributed by atoms with van der Waals surface area (Å²) in [5.74, 6) is -2.33. The van der Waals surface area contributed by atoms with Crippen molar-refractivity contribution in [2.75, 3.05) is 13.1 Å². The number of hydrogen-bond acceptors (Lipinski definition) is 6. The Labute approximate surface area is 140 Å². The number of hydrogen-bond donors (Lipinski definition) is 5. The van der Waals surface area contributed by atoms with Gasteiger partial charge in [-0.1, -0.05) is 13.8 Å². The maximum Gasteiger partial charge on any atom is 0.326 e. The molecule has 2 saturated heterocycles. The van der Waals surface area contributed by atoms with E-state index in [0.29, 0.717) is 6.54 Å². The number of rotatable bonds is 5. The summed E-state index contributed by atoms with van der Waals surface area (Å²) in [5.41, 5.74) is 0. The summed E-state index contributed by atoms with van der Waals surface area (Å²) in [6.45, 7) is 3.76. The molecule has 24 heavy (non-hydrogen) atoms. The van der Waals surface area contributed by atoms with Crippen molar-refractivity contribution in [3.05, 3.63) is 0 Å². The van der Waals surface area contributed by atoms with Gasteiger partial charge in [-0.3, -0.25) is 9.59 Å². The molecule has 9 nitrogen and oxygen atoms in total. The number of β-amino-alcohol motifs (C(OH)–C–C–N with tert-alkyl or cyclic N) is 2. The van der Waals surface area contributed by atoms with Gasteiger partial charge in [-0.05, 0) is 12.3 Å². The highest BCUT2D eigenvalue weighted by atomic mass is 16.4. The van der Waals surface area contributed by atoms with E-state index in [9.17, 15) is 29.7 Å². The van der Waals surface area contributed by atoms with E-state index in [1.54, 1.807) is 13.8 Å². The Hall–Kier alpha value is -1.71. The minimum atomic E-state index is -1.17. The lowest BCUT2D eigenvalue weighted by molar-refractivity contribution is -0.150. The van der Waals surface area contributed by atoms with Gasteiger partial charge in [0.2, 0.25) is 11.8 Å². The molecule has 0 aromatic carbocycles. The summed E-state index contributed by atoms with van der Waals surface area (Å²) in [5, 5.41) is 33.9. The summed E-state index contributed by atoms with van der Waals surface area (Å²) in [6.07, 6.45) is -1.23. The lowest BCUT2D eigenvalue weighted by Gasteiger charge is -2.30. The van der Waals surface area contributed by atoms with E-state index in [-0.39, 0.29) is 25.3 Å². The fourth-order valence-electron chi connectivity index (χ4n) is 3.15. The van der Waals surface area contributed by atoms with Crippen molar-refractivity contribution in [1.29, 1.82) is 0 Å². The van der Waals surface area contributed by atoms with Crippen LogP contribution in [0, 0.1) is 5.92 Å². The highest BCUT2D eigenvalue weighted by Gasteiger charge is 2.42. The average Bonchev–Trinajstić information content (AvgIpc) is 3.09. The second-order valence-corrected chi connectivity index (χ2v) is 6.81. The predicted molar refractivity (Wildman–Crippen MR) is 82.9 cm³/mol. The van der Waals surface area contributed by atoms with Crippen LogP contribution >= 0.6 is 0 Å². The first-order chi connectivity index (χ1) is 11.2. The average molecular weight is 343 g/mol. The Bertz CT molecular complexity index is 511. The van der Waals surface area contributed by atoms with Crippen molar-refractivity contribution in [3.63, 3.8) is 0 Å².